The van der Waals surface area contributed by atoms with Gasteiger partial charge >= 0.3 is 0 Å². The molecular weight excluding hydrogens is 559 g/mol. The first-order chi connectivity index (χ1) is 19.8. The molecule has 11 nitrogen and oxygen atoms in total. The molecule has 210 valence electrons. The van der Waals surface area contributed by atoms with Gasteiger partial charge < -0.3 is 19.9 Å². The maximum absolute atomic E-state index is 15.4. The Labute approximate surface area is 235 Å². The van der Waals surface area contributed by atoms with Crippen molar-refractivity contribution >= 4 is 34.8 Å². The molecule has 1 fully saturated rings. The van der Waals surface area contributed by atoms with Crippen LogP contribution in [0, 0.1) is 24.5 Å². The van der Waals surface area contributed by atoms with E-state index >= 15 is 8.78 Å². The van der Waals surface area contributed by atoms with Crippen LogP contribution in [0.3, 0.4) is 0 Å². The lowest BCUT2D eigenvalue weighted by Crippen LogP contribution is -2.40. The largest absolute Gasteiger partial charge is 0.466 e. The van der Waals surface area contributed by atoms with Crippen LogP contribution in [-0.2, 0) is 12.1 Å². The van der Waals surface area contributed by atoms with Gasteiger partial charge in [-0.05, 0) is 30.7 Å². The smallest absolute Gasteiger partial charge is 0.264 e. The number of aryl methyl sites for hydroxylation is 1. The lowest BCUT2D eigenvalue weighted by atomic mass is 9.81. The highest BCUT2D eigenvalue weighted by Gasteiger charge is 2.52. The van der Waals surface area contributed by atoms with Crippen molar-refractivity contribution in [2.24, 2.45) is 16.6 Å². The standard InChI is InChI=1S/C26H22F3N9O2S/c1-14-35-23(40-37-14)11-39-22-9-31-21(8-32-22)20(29)5-15-2-3-19(28)18(4-15)26-13-38(25-33-6-17(27)7-34-25)10-16(26)12-41-24(30)36-26/h2-9,16H,10-13H2,1H3,(H2,30,36)/b20-5-/t16-,26-/m1/s1. The summed E-state index contributed by atoms with van der Waals surface area (Å²) in [5.41, 5.74) is 5.67. The molecule has 4 aromatic rings. The van der Waals surface area contributed by atoms with Crippen molar-refractivity contribution in [3.63, 3.8) is 0 Å². The Morgan fingerprint density at radius 1 is 1.20 bits per heavy atom. The topological polar surface area (TPSA) is 141 Å². The van der Waals surface area contributed by atoms with E-state index in [1.807, 2.05) is 4.90 Å². The number of hydrogen-bond donors (Lipinski definition) is 1. The fraction of sp³-hybridized carbons (Fsp3) is 0.269. The zero-order chi connectivity index (χ0) is 28.6. The fourth-order valence-electron chi connectivity index (χ4n) is 4.85. The zero-order valence-electron chi connectivity index (χ0n) is 21.5. The number of benzene rings is 1. The molecule has 2 atom stereocenters. The van der Waals surface area contributed by atoms with E-state index in [-0.39, 0.29) is 42.1 Å². The molecule has 0 unspecified atom stereocenters. The van der Waals surface area contributed by atoms with Crippen LogP contribution in [0.25, 0.3) is 11.9 Å². The lowest BCUT2D eigenvalue weighted by Gasteiger charge is -2.35. The number of amidine groups is 1. The summed E-state index contributed by atoms with van der Waals surface area (Å²) in [6, 6.07) is 4.29. The highest BCUT2D eigenvalue weighted by Crippen LogP contribution is 2.47. The summed E-state index contributed by atoms with van der Waals surface area (Å²) in [6.07, 6.45) is 5.89. The minimum Gasteiger partial charge on any atom is -0.466 e. The highest BCUT2D eigenvalue weighted by molar-refractivity contribution is 8.13. The van der Waals surface area contributed by atoms with Crippen LogP contribution >= 0.6 is 11.8 Å². The first kappa shape index (κ1) is 26.7. The Balaban J connectivity index is 1.26. The third-order valence-electron chi connectivity index (χ3n) is 6.72. The molecule has 0 saturated carbocycles. The molecule has 0 spiro atoms. The van der Waals surface area contributed by atoms with Gasteiger partial charge in [0.15, 0.2) is 29.2 Å². The van der Waals surface area contributed by atoms with Gasteiger partial charge in [0.05, 0.1) is 31.3 Å². The van der Waals surface area contributed by atoms with Crippen molar-refractivity contribution in [1.29, 1.82) is 0 Å². The molecule has 1 saturated heterocycles. The number of anilines is 1. The summed E-state index contributed by atoms with van der Waals surface area (Å²) in [6.45, 7) is 2.35. The van der Waals surface area contributed by atoms with Gasteiger partial charge in [-0.15, -0.1) is 0 Å². The molecule has 2 aliphatic rings. The van der Waals surface area contributed by atoms with Gasteiger partial charge in [0.1, 0.15) is 17.1 Å². The maximum atomic E-state index is 15.4. The average molecular weight is 582 g/mol. The molecule has 0 aliphatic carbocycles. The Hall–Kier alpha value is -4.53. The van der Waals surface area contributed by atoms with Gasteiger partial charge in [0.25, 0.3) is 5.89 Å². The monoisotopic (exact) mass is 581 g/mol. The molecule has 2 aliphatic heterocycles. The van der Waals surface area contributed by atoms with Crippen LogP contribution in [0.1, 0.15) is 28.5 Å². The van der Waals surface area contributed by atoms with E-state index in [1.54, 1.807) is 13.0 Å². The molecule has 5 heterocycles. The van der Waals surface area contributed by atoms with Crippen LogP contribution in [0.4, 0.5) is 19.1 Å². The van der Waals surface area contributed by atoms with Crippen molar-refractivity contribution in [3.8, 4) is 5.88 Å². The van der Waals surface area contributed by atoms with Crippen molar-refractivity contribution < 1.29 is 22.4 Å². The third-order valence-corrected chi connectivity index (χ3v) is 7.67. The normalized spacial score (nSPS) is 20.6. The van der Waals surface area contributed by atoms with E-state index in [2.05, 4.69) is 30.1 Å². The fourth-order valence-corrected chi connectivity index (χ4v) is 5.83. The Morgan fingerprint density at radius 3 is 2.76 bits per heavy atom. The van der Waals surface area contributed by atoms with Crippen LogP contribution in [0.2, 0.25) is 0 Å². The van der Waals surface area contributed by atoms with Gasteiger partial charge in [-0.3, -0.25) is 0 Å². The summed E-state index contributed by atoms with van der Waals surface area (Å²) in [5, 5.41) is 3.99. The number of aromatic nitrogens is 6. The minimum absolute atomic E-state index is 0.00942. The number of ether oxygens (including phenoxy) is 1. The molecule has 3 aromatic heterocycles. The summed E-state index contributed by atoms with van der Waals surface area (Å²) in [4.78, 5) is 26.9. The molecule has 0 amide bonds. The molecule has 2 N–H and O–H groups in total. The van der Waals surface area contributed by atoms with Crippen LogP contribution < -0.4 is 15.4 Å². The van der Waals surface area contributed by atoms with Gasteiger partial charge in [0, 0.05) is 23.8 Å². The Kier molecular flexibility index (Phi) is 7.03. The number of thioether (sulfide) groups is 1. The predicted molar refractivity (Wildman–Crippen MR) is 144 cm³/mol. The Morgan fingerprint density at radius 2 is 2.02 bits per heavy atom. The molecule has 1 aromatic carbocycles. The molecule has 6 rings (SSSR count). The zero-order valence-corrected chi connectivity index (χ0v) is 22.4. The quantitative estimate of drug-likeness (QED) is 0.342. The summed E-state index contributed by atoms with van der Waals surface area (Å²) in [7, 11) is 0. The average Bonchev–Trinajstić information content (AvgIpc) is 3.57. The SMILES string of the molecule is Cc1noc(COc2cnc(/C(F)=C/c3ccc(F)c([C@@]45CN(c6ncc(F)cn6)C[C@@H]4CSC(N)=N5)c3)cn2)n1. The molecule has 15 heteroatoms. The summed E-state index contributed by atoms with van der Waals surface area (Å²) < 4.78 is 54.4. The highest BCUT2D eigenvalue weighted by atomic mass is 32.2. The van der Waals surface area contributed by atoms with Crippen molar-refractivity contribution in [1.82, 2.24) is 30.1 Å². The van der Waals surface area contributed by atoms with Crippen molar-refractivity contribution in [2.75, 3.05) is 23.7 Å². The first-order valence-corrected chi connectivity index (χ1v) is 13.4. The number of halogens is 3. The predicted octanol–water partition coefficient (Wildman–Crippen LogP) is 3.68. The number of aliphatic imine (C=N–C) groups is 1. The van der Waals surface area contributed by atoms with E-state index in [0.717, 1.165) is 12.4 Å². The third kappa shape index (κ3) is 5.44. The van der Waals surface area contributed by atoms with E-state index in [1.165, 1.54) is 42.4 Å². The molecule has 0 radical (unpaired) electrons. The van der Waals surface area contributed by atoms with Crippen LogP contribution in [0.15, 0.2) is 52.5 Å². The second-order valence-corrected chi connectivity index (χ2v) is 10.5. The van der Waals surface area contributed by atoms with E-state index < -0.39 is 23.0 Å². The summed E-state index contributed by atoms with van der Waals surface area (Å²) >= 11 is 1.38. The van der Waals surface area contributed by atoms with Gasteiger partial charge in [-0.1, -0.05) is 23.0 Å². The number of nitrogens with zero attached hydrogens (tertiary/aromatic N) is 8. The minimum atomic E-state index is -1.06. The number of nitrogens with two attached hydrogens (primary N) is 1. The second kappa shape index (κ2) is 10.8. The van der Waals surface area contributed by atoms with Gasteiger partial charge in [-0.25, -0.2) is 38.1 Å². The molecular formula is C26H22F3N9O2S. The second-order valence-electron chi connectivity index (χ2n) is 9.46. The van der Waals surface area contributed by atoms with Gasteiger partial charge in [-0.2, -0.15) is 4.98 Å². The van der Waals surface area contributed by atoms with Gasteiger partial charge in [0.2, 0.25) is 11.8 Å². The lowest BCUT2D eigenvalue weighted by molar-refractivity contribution is 0.234. The van der Waals surface area contributed by atoms with E-state index in [0.29, 0.717) is 34.8 Å². The molecule has 0 bridgehead atoms. The first-order valence-electron chi connectivity index (χ1n) is 12.4. The van der Waals surface area contributed by atoms with Crippen LogP contribution in [-0.4, -0.2) is 54.1 Å². The van der Waals surface area contributed by atoms with E-state index in [9.17, 15) is 4.39 Å². The number of hydrogen-bond acceptors (Lipinski definition) is 12. The maximum Gasteiger partial charge on any atom is 0.264 e. The Bertz CT molecular complexity index is 1630. The van der Waals surface area contributed by atoms with Crippen molar-refractivity contribution in [3.05, 3.63) is 83.2 Å². The molecule has 41 heavy (non-hydrogen) atoms. The summed E-state index contributed by atoms with van der Waals surface area (Å²) in [5.74, 6) is -0.122. The number of rotatable bonds is 7. The number of fused-ring (bicyclic) bond motifs is 1. The van der Waals surface area contributed by atoms with E-state index in [4.69, 9.17) is 20.0 Å². The van der Waals surface area contributed by atoms with Crippen LogP contribution in [0.5, 0.6) is 5.88 Å². The van der Waals surface area contributed by atoms with Crippen molar-refractivity contribution in [2.45, 2.75) is 19.1 Å².